The van der Waals surface area contributed by atoms with Crippen LogP contribution in [0.25, 0.3) is 0 Å². The Balaban J connectivity index is 1.59. The summed E-state index contributed by atoms with van der Waals surface area (Å²) in [7, 11) is 0. The molecule has 0 aromatic heterocycles. The van der Waals surface area contributed by atoms with Crippen LogP contribution in [-0.4, -0.2) is 35.4 Å². The highest BCUT2D eigenvalue weighted by Gasteiger charge is 2.51. The molecule has 2 N–H and O–H groups in total. The second kappa shape index (κ2) is 10.5. The lowest BCUT2D eigenvalue weighted by Crippen LogP contribution is -2.67. The Labute approximate surface area is 207 Å². The van der Waals surface area contributed by atoms with Crippen LogP contribution in [0.2, 0.25) is 5.02 Å². The molecule has 9 heteroatoms. The zero-order valence-corrected chi connectivity index (χ0v) is 19.9. The van der Waals surface area contributed by atoms with Crippen molar-refractivity contribution in [1.29, 1.82) is 0 Å². The molecule has 1 aliphatic heterocycles. The number of ether oxygens (including phenoxy) is 2. The van der Waals surface area contributed by atoms with Gasteiger partial charge in [0, 0.05) is 23.7 Å². The maximum atomic E-state index is 13.2. The van der Waals surface area contributed by atoms with Gasteiger partial charge in [-0.15, -0.1) is 0 Å². The van der Waals surface area contributed by atoms with Crippen LogP contribution in [0.5, 0.6) is 11.5 Å². The van der Waals surface area contributed by atoms with Crippen LogP contribution in [-0.2, 0) is 9.59 Å². The second-order valence-electron chi connectivity index (χ2n) is 7.82. The fourth-order valence-corrected chi connectivity index (χ4v) is 3.89. The molecule has 1 fully saturated rings. The Hall–Kier alpha value is -4.04. The van der Waals surface area contributed by atoms with Crippen LogP contribution in [0.3, 0.4) is 0 Å². The fourth-order valence-electron chi connectivity index (χ4n) is 3.77. The van der Waals surface area contributed by atoms with E-state index >= 15 is 0 Å². The first-order valence-electron chi connectivity index (χ1n) is 11.0. The molecule has 3 aromatic carbocycles. The summed E-state index contributed by atoms with van der Waals surface area (Å²) in [6.07, 6.45) is -0.826. The summed E-state index contributed by atoms with van der Waals surface area (Å²) >= 11 is 6.04. The summed E-state index contributed by atoms with van der Waals surface area (Å²) in [4.78, 5) is 37.6. The highest BCUT2D eigenvalue weighted by atomic mass is 35.5. The van der Waals surface area contributed by atoms with E-state index in [0.717, 1.165) is 5.56 Å². The monoisotopic (exact) mass is 493 g/mol. The summed E-state index contributed by atoms with van der Waals surface area (Å²) in [5.41, 5.74) is 4.15. The van der Waals surface area contributed by atoms with Gasteiger partial charge in [0.15, 0.2) is 0 Å². The Bertz CT molecular complexity index is 1230. The number of rotatable bonds is 8. The van der Waals surface area contributed by atoms with Crippen LogP contribution < -0.4 is 20.2 Å². The molecular formula is C26H24ClN3O5. The quantitative estimate of drug-likeness (QED) is 0.454. The number of amides is 3. The summed E-state index contributed by atoms with van der Waals surface area (Å²) < 4.78 is 11.6. The van der Waals surface area contributed by atoms with Crippen molar-refractivity contribution < 1.29 is 23.9 Å². The third-order valence-corrected chi connectivity index (χ3v) is 5.58. The van der Waals surface area contributed by atoms with Crippen LogP contribution in [0, 0.1) is 0 Å². The SMILES string of the molecule is CCOc1cc(NC(C)=O)ccc1C(=O)NN1C(=O)[C@H](Oc2ccccc2)[C@H]1c1ccc(Cl)cc1. The maximum Gasteiger partial charge on any atom is 0.285 e. The number of carbonyl (C=O) groups excluding carboxylic acids is 3. The van der Waals surface area contributed by atoms with Gasteiger partial charge in [0.1, 0.15) is 17.5 Å². The van der Waals surface area contributed by atoms with Crippen molar-refractivity contribution in [2.45, 2.75) is 26.0 Å². The molecule has 0 spiro atoms. The van der Waals surface area contributed by atoms with Gasteiger partial charge < -0.3 is 14.8 Å². The first-order chi connectivity index (χ1) is 16.9. The van der Waals surface area contributed by atoms with Gasteiger partial charge in [-0.25, -0.2) is 5.01 Å². The molecule has 0 aliphatic carbocycles. The molecule has 0 bridgehead atoms. The first-order valence-corrected chi connectivity index (χ1v) is 11.4. The molecule has 8 nitrogen and oxygen atoms in total. The maximum absolute atomic E-state index is 13.2. The lowest BCUT2D eigenvalue weighted by atomic mass is 9.92. The second-order valence-corrected chi connectivity index (χ2v) is 8.26. The zero-order valence-electron chi connectivity index (χ0n) is 19.2. The molecule has 0 radical (unpaired) electrons. The summed E-state index contributed by atoms with van der Waals surface area (Å²) in [5, 5.41) is 4.46. The lowest BCUT2D eigenvalue weighted by Gasteiger charge is -2.46. The number of nitrogens with zero attached hydrogens (tertiary/aromatic N) is 1. The molecule has 0 unspecified atom stereocenters. The number of benzene rings is 3. The lowest BCUT2D eigenvalue weighted by molar-refractivity contribution is -0.169. The van der Waals surface area contributed by atoms with Crippen LogP contribution >= 0.6 is 11.6 Å². The predicted octanol–water partition coefficient (Wildman–Crippen LogP) is 4.37. The molecule has 0 saturated carbocycles. The smallest absolute Gasteiger partial charge is 0.285 e. The topological polar surface area (TPSA) is 97.0 Å². The minimum Gasteiger partial charge on any atom is -0.493 e. The van der Waals surface area contributed by atoms with Crippen molar-refractivity contribution in [1.82, 2.24) is 10.4 Å². The largest absolute Gasteiger partial charge is 0.493 e. The standard InChI is InChI=1S/C26H24ClN3O5/c1-3-34-22-15-19(28-16(2)31)13-14-21(22)25(32)29-30-23(17-9-11-18(27)12-10-17)24(26(30)33)35-20-7-5-4-6-8-20/h4-15,23-24H,3H2,1-2H3,(H,28,31)(H,29,32)/t23-,24-/m1/s1. The average molecular weight is 494 g/mol. The van der Waals surface area contributed by atoms with Crippen molar-refractivity contribution >= 4 is 35.0 Å². The molecule has 1 heterocycles. The van der Waals surface area contributed by atoms with E-state index in [1.807, 2.05) is 18.2 Å². The van der Waals surface area contributed by atoms with Gasteiger partial charge in [-0.3, -0.25) is 19.8 Å². The van der Waals surface area contributed by atoms with Gasteiger partial charge in [-0.2, -0.15) is 0 Å². The minimum absolute atomic E-state index is 0.219. The minimum atomic E-state index is -0.826. The molecule has 4 rings (SSSR count). The average Bonchev–Trinajstić information content (AvgIpc) is 2.84. The van der Waals surface area contributed by atoms with Gasteiger partial charge in [-0.1, -0.05) is 41.9 Å². The third-order valence-electron chi connectivity index (χ3n) is 5.33. The number of anilines is 1. The number of hydrogen-bond donors (Lipinski definition) is 2. The molecule has 3 aromatic rings. The van der Waals surface area contributed by atoms with Crippen LogP contribution in [0.4, 0.5) is 5.69 Å². The Morgan fingerprint density at radius 1 is 1.03 bits per heavy atom. The van der Waals surface area contributed by atoms with Gasteiger partial charge >= 0.3 is 0 Å². The van der Waals surface area contributed by atoms with Crippen LogP contribution in [0.15, 0.2) is 72.8 Å². The molecular weight excluding hydrogens is 470 g/mol. The van der Waals surface area contributed by atoms with Crippen molar-refractivity contribution in [3.63, 3.8) is 0 Å². The van der Waals surface area contributed by atoms with E-state index in [2.05, 4.69) is 10.7 Å². The first kappa shape index (κ1) is 24.1. The predicted molar refractivity (Wildman–Crippen MR) is 131 cm³/mol. The Morgan fingerprint density at radius 2 is 1.74 bits per heavy atom. The fraction of sp³-hybridized carbons (Fsp3) is 0.192. The highest BCUT2D eigenvalue weighted by Crippen LogP contribution is 2.37. The highest BCUT2D eigenvalue weighted by molar-refractivity contribution is 6.30. The van der Waals surface area contributed by atoms with E-state index < -0.39 is 24.0 Å². The van der Waals surface area contributed by atoms with Crippen molar-refractivity contribution in [3.8, 4) is 11.5 Å². The number of hydrogen-bond acceptors (Lipinski definition) is 5. The Morgan fingerprint density at radius 3 is 2.40 bits per heavy atom. The number of para-hydroxylation sites is 1. The normalized spacial score (nSPS) is 16.8. The van der Waals surface area contributed by atoms with E-state index in [-0.39, 0.29) is 17.2 Å². The summed E-state index contributed by atoms with van der Waals surface area (Å²) in [6.45, 7) is 3.49. The van der Waals surface area contributed by atoms with Gasteiger partial charge in [0.05, 0.1) is 12.2 Å². The number of halogens is 1. The molecule has 3 amide bonds. The van der Waals surface area contributed by atoms with Crippen molar-refractivity contribution in [2.75, 3.05) is 11.9 Å². The van der Waals surface area contributed by atoms with Gasteiger partial charge in [0.2, 0.25) is 12.0 Å². The van der Waals surface area contributed by atoms with E-state index in [0.29, 0.717) is 23.1 Å². The molecule has 1 aliphatic rings. The molecule has 35 heavy (non-hydrogen) atoms. The van der Waals surface area contributed by atoms with Crippen molar-refractivity contribution in [2.24, 2.45) is 0 Å². The summed E-state index contributed by atoms with van der Waals surface area (Å²) in [6, 6.07) is 20.1. The molecule has 180 valence electrons. The molecule has 1 saturated heterocycles. The van der Waals surface area contributed by atoms with Gasteiger partial charge in [0.25, 0.3) is 11.8 Å². The Kier molecular flexibility index (Phi) is 7.22. The van der Waals surface area contributed by atoms with E-state index in [9.17, 15) is 14.4 Å². The van der Waals surface area contributed by atoms with E-state index in [1.54, 1.807) is 55.5 Å². The van der Waals surface area contributed by atoms with E-state index in [1.165, 1.54) is 18.0 Å². The number of carbonyl (C=O) groups is 3. The number of nitrogens with one attached hydrogen (secondary N) is 2. The van der Waals surface area contributed by atoms with Gasteiger partial charge in [-0.05, 0) is 48.9 Å². The third kappa shape index (κ3) is 5.38. The van der Waals surface area contributed by atoms with Crippen molar-refractivity contribution in [3.05, 3.63) is 88.9 Å². The number of β-lactam (4-membered cyclic amide) rings is 1. The summed E-state index contributed by atoms with van der Waals surface area (Å²) in [5.74, 6) is -0.346. The zero-order chi connectivity index (χ0) is 24.9. The van der Waals surface area contributed by atoms with Crippen LogP contribution in [0.1, 0.15) is 35.8 Å². The number of hydrazine groups is 1. The van der Waals surface area contributed by atoms with E-state index in [4.69, 9.17) is 21.1 Å². The molecule has 2 atom stereocenters.